The average molecular weight is 384 g/mol. The number of rotatable bonds is 5. The van der Waals surface area contributed by atoms with E-state index >= 15 is 0 Å². The number of aryl methyl sites for hydroxylation is 2. The molecular formula is C23H33N3O2. The minimum Gasteiger partial charge on any atom is -0.361 e. The lowest BCUT2D eigenvalue weighted by Crippen LogP contribution is -2.35. The first-order valence-electron chi connectivity index (χ1n) is 10.3. The smallest absolute Gasteiger partial charge is 0.222 e. The van der Waals surface area contributed by atoms with E-state index in [-0.39, 0.29) is 11.3 Å². The van der Waals surface area contributed by atoms with Crippen LogP contribution in [0.15, 0.2) is 34.9 Å². The maximum absolute atomic E-state index is 12.7. The van der Waals surface area contributed by atoms with Gasteiger partial charge in [-0.3, -0.25) is 9.69 Å². The fourth-order valence-corrected chi connectivity index (χ4v) is 3.68. The summed E-state index contributed by atoms with van der Waals surface area (Å²) in [5.74, 6) is 1.11. The third-order valence-electron chi connectivity index (χ3n) is 5.45. The Morgan fingerprint density at radius 3 is 2.50 bits per heavy atom. The summed E-state index contributed by atoms with van der Waals surface area (Å²) in [6, 6.07) is 10.7. The van der Waals surface area contributed by atoms with Crippen molar-refractivity contribution in [3.8, 4) is 0 Å². The largest absolute Gasteiger partial charge is 0.361 e. The molecule has 3 rings (SSSR count). The number of hydrogen-bond donors (Lipinski definition) is 0. The third kappa shape index (κ3) is 5.68. The first-order valence-corrected chi connectivity index (χ1v) is 10.3. The molecule has 1 aromatic heterocycles. The molecule has 0 saturated carbocycles. The van der Waals surface area contributed by atoms with E-state index in [4.69, 9.17) is 4.52 Å². The van der Waals surface area contributed by atoms with E-state index in [0.717, 1.165) is 57.0 Å². The molecule has 1 aromatic carbocycles. The SMILES string of the molecule is Cc1cc(CN2CCCN(C(=O)CCc3ccc(C(C)(C)C)cc3)CC2)no1. The summed E-state index contributed by atoms with van der Waals surface area (Å²) in [7, 11) is 0. The van der Waals surface area contributed by atoms with Crippen LogP contribution < -0.4 is 0 Å². The summed E-state index contributed by atoms with van der Waals surface area (Å²) in [6.45, 7) is 12.9. The molecule has 1 aliphatic rings. The van der Waals surface area contributed by atoms with E-state index in [1.54, 1.807) is 0 Å². The Balaban J connectivity index is 1.47. The molecule has 1 fully saturated rings. The molecule has 2 heterocycles. The molecule has 0 aliphatic carbocycles. The van der Waals surface area contributed by atoms with E-state index in [2.05, 4.69) is 55.1 Å². The van der Waals surface area contributed by atoms with Crippen LogP contribution >= 0.6 is 0 Å². The Morgan fingerprint density at radius 1 is 1.11 bits per heavy atom. The molecule has 2 aromatic rings. The van der Waals surface area contributed by atoms with Crippen molar-refractivity contribution in [3.63, 3.8) is 0 Å². The van der Waals surface area contributed by atoms with Gasteiger partial charge in [-0.25, -0.2) is 0 Å². The van der Waals surface area contributed by atoms with Gasteiger partial charge < -0.3 is 9.42 Å². The zero-order chi connectivity index (χ0) is 20.1. The van der Waals surface area contributed by atoms with E-state index in [9.17, 15) is 4.79 Å². The molecule has 0 bridgehead atoms. The highest BCUT2D eigenvalue weighted by Crippen LogP contribution is 2.22. The highest BCUT2D eigenvalue weighted by molar-refractivity contribution is 5.76. The maximum atomic E-state index is 12.7. The van der Waals surface area contributed by atoms with Crippen LogP contribution in [0, 0.1) is 6.92 Å². The fraction of sp³-hybridized carbons (Fsp3) is 0.565. The lowest BCUT2D eigenvalue weighted by atomic mass is 9.86. The summed E-state index contributed by atoms with van der Waals surface area (Å²) in [4.78, 5) is 17.1. The molecule has 0 atom stereocenters. The van der Waals surface area contributed by atoms with Gasteiger partial charge >= 0.3 is 0 Å². The van der Waals surface area contributed by atoms with Gasteiger partial charge in [0.25, 0.3) is 0 Å². The number of carbonyl (C=O) groups excluding carboxylic acids is 1. The number of amides is 1. The van der Waals surface area contributed by atoms with Gasteiger partial charge in [-0.15, -0.1) is 0 Å². The number of carbonyl (C=O) groups is 1. The Kier molecular flexibility index (Phi) is 6.55. The molecule has 1 amide bonds. The molecule has 0 spiro atoms. The van der Waals surface area contributed by atoms with Crippen LogP contribution in [0.4, 0.5) is 0 Å². The maximum Gasteiger partial charge on any atom is 0.222 e. The Bertz CT molecular complexity index is 774. The predicted octanol–water partition coefficient (Wildman–Crippen LogP) is 3.95. The van der Waals surface area contributed by atoms with Gasteiger partial charge in [-0.1, -0.05) is 50.2 Å². The Labute approximate surface area is 168 Å². The highest BCUT2D eigenvalue weighted by atomic mass is 16.5. The zero-order valence-corrected chi connectivity index (χ0v) is 17.7. The second-order valence-corrected chi connectivity index (χ2v) is 8.89. The van der Waals surface area contributed by atoms with Gasteiger partial charge in [0.15, 0.2) is 0 Å². The minimum absolute atomic E-state index is 0.164. The second-order valence-electron chi connectivity index (χ2n) is 8.89. The molecule has 0 N–H and O–H groups in total. The number of benzene rings is 1. The average Bonchev–Trinajstić information content (AvgIpc) is 2.91. The minimum atomic E-state index is 0.164. The van der Waals surface area contributed by atoms with Crippen molar-refractivity contribution < 1.29 is 9.32 Å². The van der Waals surface area contributed by atoms with E-state index in [1.165, 1.54) is 11.1 Å². The molecule has 1 aliphatic heterocycles. The molecule has 1 saturated heterocycles. The standard InChI is InChI=1S/C23H33N3O2/c1-18-16-21(24-28-18)17-25-12-5-13-26(15-14-25)22(27)11-8-19-6-9-20(10-7-19)23(2,3)4/h6-7,9-10,16H,5,8,11-15,17H2,1-4H3. The summed E-state index contributed by atoms with van der Waals surface area (Å²) < 4.78 is 5.16. The van der Waals surface area contributed by atoms with Gasteiger partial charge in [0.05, 0.1) is 5.69 Å². The molecular weight excluding hydrogens is 350 g/mol. The van der Waals surface area contributed by atoms with Crippen molar-refractivity contribution in [2.45, 2.75) is 58.9 Å². The van der Waals surface area contributed by atoms with E-state index in [0.29, 0.717) is 6.42 Å². The fourth-order valence-electron chi connectivity index (χ4n) is 3.68. The Morgan fingerprint density at radius 2 is 1.86 bits per heavy atom. The first-order chi connectivity index (χ1) is 13.3. The topological polar surface area (TPSA) is 49.6 Å². The Hall–Kier alpha value is -2.14. The number of hydrogen-bond acceptors (Lipinski definition) is 4. The van der Waals surface area contributed by atoms with Crippen LogP contribution in [0.25, 0.3) is 0 Å². The van der Waals surface area contributed by atoms with Crippen LogP contribution in [0.5, 0.6) is 0 Å². The highest BCUT2D eigenvalue weighted by Gasteiger charge is 2.20. The van der Waals surface area contributed by atoms with Crippen molar-refractivity contribution in [3.05, 3.63) is 52.9 Å². The summed E-state index contributed by atoms with van der Waals surface area (Å²) in [6.07, 6.45) is 2.39. The van der Waals surface area contributed by atoms with Gasteiger partial charge in [0.1, 0.15) is 5.76 Å². The predicted molar refractivity (Wildman–Crippen MR) is 111 cm³/mol. The van der Waals surface area contributed by atoms with Crippen LogP contribution in [-0.4, -0.2) is 47.0 Å². The molecule has 5 heteroatoms. The number of nitrogens with zero attached hydrogens (tertiary/aromatic N) is 3. The van der Waals surface area contributed by atoms with Crippen molar-refractivity contribution in [2.75, 3.05) is 26.2 Å². The van der Waals surface area contributed by atoms with Gasteiger partial charge in [-0.2, -0.15) is 0 Å². The first kappa shape index (κ1) is 20.6. The summed E-state index contributed by atoms with van der Waals surface area (Å²) in [5, 5.41) is 4.08. The lowest BCUT2D eigenvalue weighted by Gasteiger charge is -2.22. The molecule has 152 valence electrons. The van der Waals surface area contributed by atoms with Crippen LogP contribution in [0.1, 0.15) is 56.2 Å². The monoisotopic (exact) mass is 383 g/mol. The summed E-state index contributed by atoms with van der Waals surface area (Å²) in [5.41, 5.74) is 3.70. The van der Waals surface area contributed by atoms with Gasteiger partial charge in [0, 0.05) is 45.2 Å². The van der Waals surface area contributed by atoms with E-state index in [1.807, 2.05) is 17.9 Å². The quantitative estimate of drug-likeness (QED) is 0.784. The molecule has 28 heavy (non-hydrogen) atoms. The second kappa shape index (κ2) is 8.91. The van der Waals surface area contributed by atoms with Crippen molar-refractivity contribution >= 4 is 5.91 Å². The number of aromatic nitrogens is 1. The zero-order valence-electron chi connectivity index (χ0n) is 17.7. The molecule has 0 unspecified atom stereocenters. The molecule has 5 nitrogen and oxygen atoms in total. The van der Waals surface area contributed by atoms with Gasteiger partial charge in [0.2, 0.25) is 5.91 Å². The van der Waals surface area contributed by atoms with Crippen LogP contribution in [0.3, 0.4) is 0 Å². The van der Waals surface area contributed by atoms with Gasteiger partial charge in [-0.05, 0) is 36.3 Å². The van der Waals surface area contributed by atoms with Crippen LogP contribution in [0.2, 0.25) is 0 Å². The van der Waals surface area contributed by atoms with Crippen molar-refractivity contribution in [1.29, 1.82) is 0 Å². The van der Waals surface area contributed by atoms with Crippen molar-refractivity contribution in [1.82, 2.24) is 15.0 Å². The van der Waals surface area contributed by atoms with E-state index < -0.39 is 0 Å². The van der Waals surface area contributed by atoms with Crippen LogP contribution in [-0.2, 0) is 23.2 Å². The third-order valence-corrected chi connectivity index (χ3v) is 5.45. The lowest BCUT2D eigenvalue weighted by molar-refractivity contribution is -0.131. The summed E-state index contributed by atoms with van der Waals surface area (Å²) >= 11 is 0. The van der Waals surface area contributed by atoms with Crippen molar-refractivity contribution in [2.24, 2.45) is 0 Å². The molecule has 0 radical (unpaired) electrons. The normalized spacial score (nSPS) is 16.2.